The molecule has 0 spiro atoms. The van der Waals surface area contributed by atoms with Gasteiger partial charge in [-0.25, -0.2) is 0 Å². The Kier molecular flexibility index (Phi) is 3.31. The van der Waals surface area contributed by atoms with Crippen LogP contribution in [0.1, 0.15) is 51.4 Å². The summed E-state index contributed by atoms with van der Waals surface area (Å²) in [4.78, 5) is 2.74. The van der Waals surface area contributed by atoms with Crippen molar-refractivity contribution in [1.29, 1.82) is 0 Å². The van der Waals surface area contributed by atoms with Gasteiger partial charge in [-0.2, -0.15) is 0 Å². The Bertz CT molecular complexity index is 401. The van der Waals surface area contributed by atoms with Crippen LogP contribution in [0.3, 0.4) is 0 Å². The molecule has 0 aromatic carbocycles. The summed E-state index contributed by atoms with van der Waals surface area (Å²) >= 11 is 0. The minimum absolute atomic E-state index is 0.483. The molecule has 1 N–H and O–H groups in total. The topological polar surface area (TPSA) is 24.5 Å². The Labute approximate surface area is 128 Å². The van der Waals surface area contributed by atoms with E-state index in [1.807, 2.05) is 0 Å². The van der Waals surface area contributed by atoms with Crippen LogP contribution in [0, 0.1) is 23.7 Å². The van der Waals surface area contributed by atoms with Crippen molar-refractivity contribution in [1.82, 2.24) is 10.2 Å². The number of fused-ring (bicyclic) bond motifs is 6. The summed E-state index contributed by atoms with van der Waals surface area (Å²) in [6.45, 7) is 3.88. The van der Waals surface area contributed by atoms with Crippen LogP contribution in [0.4, 0.5) is 0 Å². The van der Waals surface area contributed by atoms with Crippen LogP contribution in [-0.2, 0) is 4.74 Å². The quantitative estimate of drug-likeness (QED) is 0.742. The van der Waals surface area contributed by atoms with Crippen molar-refractivity contribution in [2.45, 2.75) is 69.7 Å². The number of nitrogens with one attached hydrogen (secondary N) is 1. The Hall–Kier alpha value is -0.120. The van der Waals surface area contributed by atoms with E-state index >= 15 is 0 Å². The monoisotopic (exact) mass is 290 g/mol. The predicted molar refractivity (Wildman–Crippen MR) is 82.9 cm³/mol. The highest BCUT2D eigenvalue weighted by molar-refractivity contribution is 5.01. The van der Waals surface area contributed by atoms with Gasteiger partial charge >= 0.3 is 0 Å². The van der Waals surface area contributed by atoms with Gasteiger partial charge in [0.05, 0.1) is 6.10 Å². The number of ether oxygens (including phenoxy) is 1. The van der Waals surface area contributed by atoms with Gasteiger partial charge in [-0.3, -0.25) is 4.90 Å². The molecule has 3 heteroatoms. The van der Waals surface area contributed by atoms with Crippen molar-refractivity contribution in [3.8, 4) is 0 Å². The smallest absolute Gasteiger partial charge is 0.114 e. The predicted octanol–water partition coefficient (Wildman–Crippen LogP) is 2.61. The fraction of sp³-hybridized carbons (Fsp3) is 1.00. The van der Waals surface area contributed by atoms with E-state index in [0.29, 0.717) is 12.3 Å². The summed E-state index contributed by atoms with van der Waals surface area (Å²) < 4.78 is 6.77. The zero-order valence-electron chi connectivity index (χ0n) is 13.2. The van der Waals surface area contributed by atoms with Crippen LogP contribution in [0.5, 0.6) is 0 Å². The van der Waals surface area contributed by atoms with Crippen LogP contribution < -0.4 is 5.32 Å². The maximum absolute atomic E-state index is 6.77. The van der Waals surface area contributed by atoms with Crippen molar-refractivity contribution in [3.05, 3.63) is 0 Å². The molecule has 0 bridgehead atoms. The third-order valence-corrected chi connectivity index (χ3v) is 7.43. The van der Waals surface area contributed by atoms with Gasteiger partial charge in [0.25, 0.3) is 0 Å². The molecule has 5 aliphatic rings. The van der Waals surface area contributed by atoms with Crippen LogP contribution in [0.15, 0.2) is 0 Å². The summed E-state index contributed by atoms with van der Waals surface area (Å²) in [5.41, 5.74) is 0. The Morgan fingerprint density at radius 2 is 1.81 bits per heavy atom. The third kappa shape index (κ3) is 2.11. The second-order valence-corrected chi connectivity index (χ2v) is 8.31. The molecule has 3 heterocycles. The Balaban J connectivity index is 1.36. The van der Waals surface area contributed by atoms with Crippen molar-refractivity contribution in [3.63, 3.8) is 0 Å². The summed E-state index contributed by atoms with van der Waals surface area (Å²) in [6.07, 6.45) is 12.4. The Morgan fingerprint density at radius 3 is 2.81 bits per heavy atom. The van der Waals surface area contributed by atoms with Gasteiger partial charge in [-0.15, -0.1) is 0 Å². The molecule has 0 aromatic heterocycles. The summed E-state index contributed by atoms with van der Waals surface area (Å²) in [5, 5.41) is 3.73. The van der Waals surface area contributed by atoms with Gasteiger partial charge in [0.1, 0.15) is 6.23 Å². The first kappa shape index (κ1) is 13.3. The first-order valence-electron chi connectivity index (χ1n) is 9.53. The maximum atomic E-state index is 6.77. The lowest BCUT2D eigenvalue weighted by atomic mass is 9.70. The second-order valence-electron chi connectivity index (χ2n) is 8.31. The molecule has 3 nitrogen and oxygen atoms in total. The average Bonchev–Trinajstić information content (AvgIpc) is 3.02. The van der Waals surface area contributed by atoms with E-state index in [9.17, 15) is 0 Å². The fourth-order valence-electron chi connectivity index (χ4n) is 6.40. The normalized spacial score (nSPS) is 53.4. The molecule has 2 aliphatic carbocycles. The van der Waals surface area contributed by atoms with Gasteiger partial charge in [0, 0.05) is 31.0 Å². The van der Waals surface area contributed by atoms with E-state index in [-0.39, 0.29) is 0 Å². The molecule has 0 radical (unpaired) electrons. The maximum Gasteiger partial charge on any atom is 0.114 e. The van der Waals surface area contributed by atoms with Crippen LogP contribution in [0.2, 0.25) is 0 Å². The molecule has 3 aliphatic heterocycles. The number of rotatable bonds is 0. The number of hydrogen-bond acceptors (Lipinski definition) is 3. The first-order valence-corrected chi connectivity index (χ1v) is 9.53. The van der Waals surface area contributed by atoms with Gasteiger partial charge in [-0.05, 0) is 56.9 Å². The molecule has 2 saturated carbocycles. The van der Waals surface area contributed by atoms with E-state index in [1.165, 1.54) is 71.0 Å². The molecule has 5 rings (SSSR count). The summed E-state index contributed by atoms with van der Waals surface area (Å²) in [5.74, 6) is 3.54. The SMILES string of the molecule is C1CCC2C(C1)CCN1CC3C(CCC4NCCC43)OC21. The van der Waals surface area contributed by atoms with Gasteiger partial charge < -0.3 is 10.1 Å². The van der Waals surface area contributed by atoms with Crippen molar-refractivity contribution < 1.29 is 4.74 Å². The lowest BCUT2D eigenvalue weighted by molar-refractivity contribution is -0.232. The Morgan fingerprint density at radius 1 is 0.857 bits per heavy atom. The summed E-state index contributed by atoms with van der Waals surface area (Å²) in [6, 6.07) is 0.804. The lowest BCUT2D eigenvalue weighted by Gasteiger charge is -2.55. The molecule has 7 atom stereocenters. The van der Waals surface area contributed by atoms with E-state index in [0.717, 1.165) is 29.7 Å². The average molecular weight is 290 g/mol. The highest BCUT2D eigenvalue weighted by Crippen LogP contribution is 2.47. The molecule has 7 unspecified atom stereocenters. The van der Waals surface area contributed by atoms with Gasteiger partial charge in [0.2, 0.25) is 0 Å². The number of piperidine rings is 1. The van der Waals surface area contributed by atoms with Crippen LogP contribution in [0.25, 0.3) is 0 Å². The molecular formula is C18H30N2O. The second kappa shape index (κ2) is 5.21. The van der Waals surface area contributed by atoms with Crippen molar-refractivity contribution >= 4 is 0 Å². The molecule has 0 aromatic rings. The lowest BCUT2D eigenvalue weighted by Crippen LogP contribution is -2.62. The minimum atomic E-state index is 0.483. The van der Waals surface area contributed by atoms with E-state index in [2.05, 4.69) is 10.2 Å². The molecule has 118 valence electrons. The van der Waals surface area contributed by atoms with E-state index in [4.69, 9.17) is 4.74 Å². The zero-order chi connectivity index (χ0) is 13.8. The van der Waals surface area contributed by atoms with E-state index in [1.54, 1.807) is 0 Å². The fourth-order valence-corrected chi connectivity index (χ4v) is 6.40. The van der Waals surface area contributed by atoms with Crippen molar-refractivity contribution in [2.75, 3.05) is 19.6 Å². The summed E-state index contributed by atoms with van der Waals surface area (Å²) in [7, 11) is 0. The molecule has 5 fully saturated rings. The van der Waals surface area contributed by atoms with Crippen LogP contribution >= 0.6 is 0 Å². The standard InChI is InChI=1S/C18H30N2O/c1-2-4-13-12(3-1)8-10-20-11-15-14-7-9-19-16(14)5-6-17(15)21-18(13)20/h12-19H,1-11H2. The highest BCUT2D eigenvalue weighted by atomic mass is 16.5. The first-order chi connectivity index (χ1) is 10.4. The van der Waals surface area contributed by atoms with Crippen molar-refractivity contribution in [2.24, 2.45) is 23.7 Å². The molecule has 0 amide bonds. The molecule has 21 heavy (non-hydrogen) atoms. The van der Waals surface area contributed by atoms with Gasteiger partial charge in [-0.1, -0.05) is 12.8 Å². The molecular weight excluding hydrogens is 260 g/mol. The third-order valence-electron chi connectivity index (χ3n) is 7.43. The number of hydrogen-bond donors (Lipinski definition) is 1. The van der Waals surface area contributed by atoms with E-state index < -0.39 is 0 Å². The number of nitrogens with zero attached hydrogens (tertiary/aromatic N) is 1. The largest absolute Gasteiger partial charge is 0.359 e. The molecule has 3 saturated heterocycles. The van der Waals surface area contributed by atoms with Gasteiger partial charge in [0.15, 0.2) is 0 Å². The highest BCUT2D eigenvalue weighted by Gasteiger charge is 2.50. The minimum Gasteiger partial charge on any atom is -0.359 e. The zero-order valence-corrected chi connectivity index (χ0v) is 13.2. The van der Waals surface area contributed by atoms with Crippen LogP contribution in [-0.4, -0.2) is 42.9 Å².